The first-order chi connectivity index (χ1) is 15.3. The van der Waals surface area contributed by atoms with Crippen molar-refractivity contribution >= 4 is 10.8 Å². The van der Waals surface area contributed by atoms with Crippen molar-refractivity contribution < 1.29 is 9.47 Å². The van der Waals surface area contributed by atoms with Gasteiger partial charge in [0.2, 0.25) is 0 Å². The molecule has 0 fully saturated rings. The van der Waals surface area contributed by atoms with E-state index in [-0.39, 0.29) is 0 Å². The maximum Gasteiger partial charge on any atom is 0.125 e. The standard InChI is InChI=1S/C28H29NO2/c1-3-4-7-21-10-12-22(13-11-21)18-27-26-19-25(15-14-23(26)16-17-29-27)31-20-24-8-5-6-9-28(24)30-2/h5-6,8-17,19H,3-4,7,18,20H2,1-2H3. The number of aromatic nitrogens is 1. The molecule has 0 radical (unpaired) electrons. The summed E-state index contributed by atoms with van der Waals surface area (Å²) in [7, 11) is 1.68. The van der Waals surface area contributed by atoms with E-state index in [0.717, 1.165) is 41.0 Å². The molecule has 4 aromatic rings. The quantitative estimate of drug-likeness (QED) is 0.305. The van der Waals surface area contributed by atoms with Gasteiger partial charge in [-0.2, -0.15) is 0 Å². The molecule has 0 saturated carbocycles. The molecule has 3 heteroatoms. The molecule has 0 amide bonds. The monoisotopic (exact) mass is 411 g/mol. The molecule has 31 heavy (non-hydrogen) atoms. The third-order valence-electron chi connectivity index (χ3n) is 5.62. The largest absolute Gasteiger partial charge is 0.496 e. The molecular weight excluding hydrogens is 382 g/mol. The van der Waals surface area contributed by atoms with E-state index in [1.54, 1.807) is 7.11 Å². The zero-order chi connectivity index (χ0) is 21.5. The number of pyridine rings is 1. The van der Waals surface area contributed by atoms with Gasteiger partial charge < -0.3 is 9.47 Å². The number of ether oxygens (including phenoxy) is 2. The summed E-state index contributed by atoms with van der Waals surface area (Å²) in [5.41, 5.74) is 4.78. The minimum Gasteiger partial charge on any atom is -0.496 e. The Kier molecular flexibility index (Phi) is 6.83. The van der Waals surface area contributed by atoms with Gasteiger partial charge >= 0.3 is 0 Å². The van der Waals surface area contributed by atoms with Gasteiger partial charge in [0.1, 0.15) is 18.1 Å². The molecule has 0 unspecified atom stereocenters. The summed E-state index contributed by atoms with van der Waals surface area (Å²) < 4.78 is 11.5. The van der Waals surface area contributed by atoms with Crippen LogP contribution in [0.5, 0.6) is 11.5 Å². The molecule has 0 N–H and O–H groups in total. The van der Waals surface area contributed by atoms with E-state index in [9.17, 15) is 0 Å². The van der Waals surface area contributed by atoms with Gasteiger partial charge in [-0.1, -0.05) is 61.9 Å². The van der Waals surface area contributed by atoms with Gasteiger partial charge in [0.05, 0.1) is 12.8 Å². The Balaban J connectivity index is 1.53. The molecule has 3 aromatic carbocycles. The number of aryl methyl sites for hydroxylation is 1. The Labute approximate surface area is 184 Å². The molecular formula is C28H29NO2. The Morgan fingerprint density at radius 1 is 0.871 bits per heavy atom. The first kappa shape index (κ1) is 20.9. The second-order valence-corrected chi connectivity index (χ2v) is 7.84. The molecule has 0 aliphatic rings. The van der Waals surface area contributed by atoms with Crippen molar-refractivity contribution in [2.45, 2.75) is 39.2 Å². The molecule has 0 aliphatic carbocycles. The van der Waals surface area contributed by atoms with Crippen LogP contribution in [0.2, 0.25) is 0 Å². The summed E-state index contributed by atoms with van der Waals surface area (Å²) in [5, 5.41) is 2.31. The number of nitrogens with zero attached hydrogens (tertiary/aromatic N) is 1. The van der Waals surface area contributed by atoms with E-state index in [1.165, 1.54) is 29.4 Å². The number of rotatable bonds is 9. The van der Waals surface area contributed by atoms with Gasteiger partial charge in [-0.05, 0) is 53.6 Å². The lowest BCUT2D eigenvalue weighted by atomic mass is 10.0. The van der Waals surface area contributed by atoms with Crippen LogP contribution in [0.15, 0.2) is 79.0 Å². The second-order valence-electron chi connectivity index (χ2n) is 7.84. The summed E-state index contributed by atoms with van der Waals surface area (Å²) in [5.74, 6) is 1.68. The van der Waals surface area contributed by atoms with Gasteiger partial charge in [-0.3, -0.25) is 4.98 Å². The van der Waals surface area contributed by atoms with Crippen LogP contribution in [-0.4, -0.2) is 12.1 Å². The van der Waals surface area contributed by atoms with Gasteiger partial charge in [-0.15, -0.1) is 0 Å². The Morgan fingerprint density at radius 2 is 1.68 bits per heavy atom. The van der Waals surface area contributed by atoms with Crippen LogP contribution in [0.4, 0.5) is 0 Å². The fraction of sp³-hybridized carbons (Fsp3) is 0.250. The zero-order valence-electron chi connectivity index (χ0n) is 18.3. The first-order valence-corrected chi connectivity index (χ1v) is 11.0. The first-order valence-electron chi connectivity index (χ1n) is 11.0. The van der Waals surface area contributed by atoms with E-state index < -0.39 is 0 Å². The maximum absolute atomic E-state index is 6.09. The molecule has 158 valence electrons. The highest BCUT2D eigenvalue weighted by Gasteiger charge is 2.08. The predicted molar refractivity (Wildman–Crippen MR) is 127 cm³/mol. The third kappa shape index (κ3) is 5.24. The number of unbranched alkanes of at least 4 members (excludes halogenated alkanes) is 1. The Hall–Kier alpha value is -3.33. The van der Waals surface area contributed by atoms with Gasteiger partial charge in [0.15, 0.2) is 0 Å². The number of fused-ring (bicyclic) bond motifs is 1. The van der Waals surface area contributed by atoms with Crippen molar-refractivity contribution in [1.82, 2.24) is 4.98 Å². The average molecular weight is 412 g/mol. The average Bonchev–Trinajstić information content (AvgIpc) is 2.82. The fourth-order valence-electron chi connectivity index (χ4n) is 3.82. The SMILES string of the molecule is CCCCc1ccc(Cc2nccc3ccc(OCc4ccccc4OC)cc23)cc1. The highest BCUT2D eigenvalue weighted by atomic mass is 16.5. The van der Waals surface area contributed by atoms with Gasteiger partial charge in [0, 0.05) is 23.6 Å². The molecule has 0 atom stereocenters. The summed E-state index contributed by atoms with van der Waals surface area (Å²) in [6, 6.07) is 25.2. The third-order valence-corrected chi connectivity index (χ3v) is 5.62. The lowest BCUT2D eigenvalue weighted by Crippen LogP contribution is -1.99. The number of hydrogen-bond acceptors (Lipinski definition) is 3. The van der Waals surface area contributed by atoms with Gasteiger partial charge in [-0.25, -0.2) is 0 Å². The summed E-state index contributed by atoms with van der Waals surface area (Å²) >= 11 is 0. The predicted octanol–water partition coefficient (Wildman–Crippen LogP) is 6.76. The van der Waals surface area contributed by atoms with E-state index in [2.05, 4.69) is 54.4 Å². The van der Waals surface area contributed by atoms with Crippen LogP contribution in [0, 0.1) is 0 Å². The van der Waals surface area contributed by atoms with Crippen LogP contribution in [0.1, 0.15) is 42.1 Å². The van der Waals surface area contributed by atoms with Crippen LogP contribution >= 0.6 is 0 Å². The second kappa shape index (κ2) is 10.1. The number of methoxy groups -OCH3 is 1. The fourth-order valence-corrected chi connectivity index (χ4v) is 3.82. The molecule has 4 rings (SSSR count). The zero-order valence-corrected chi connectivity index (χ0v) is 18.3. The molecule has 1 aromatic heterocycles. The van der Waals surface area contributed by atoms with Crippen molar-refractivity contribution in [3.05, 3.63) is 101 Å². The van der Waals surface area contributed by atoms with Crippen molar-refractivity contribution in [2.75, 3.05) is 7.11 Å². The normalized spacial score (nSPS) is 10.9. The van der Waals surface area contributed by atoms with Crippen molar-refractivity contribution in [2.24, 2.45) is 0 Å². The van der Waals surface area contributed by atoms with E-state index in [4.69, 9.17) is 9.47 Å². The topological polar surface area (TPSA) is 31.4 Å². The molecule has 3 nitrogen and oxygen atoms in total. The summed E-state index contributed by atoms with van der Waals surface area (Å²) in [4.78, 5) is 4.69. The van der Waals surface area contributed by atoms with Gasteiger partial charge in [0.25, 0.3) is 0 Å². The Morgan fingerprint density at radius 3 is 2.48 bits per heavy atom. The lowest BCUT2D eigenvalue weighted by Gasteiger charge is -2.12. The summed E-state index contributed by atoms with van der Waals surface area (Å²) in [6.45, 7) is 2.69. The lowest BCUT2D eigenvalue weighted by molar-refractivity contribution is 0.297. The van der Waals surface area contributed by atoms with Crippen molar-refractivity contribution in [3.63, 3.8) is 0 Å². The minimum atomic E-state index is 0.463. The Bertz CT molecular complexity index is 1140. The van der Waals surface area contributed by atoms with Crippen LogP contribution < -0.4 is 9.47 Å². The smallest absolute Gasteiger partial charge is 0.125 e. The van der Waals surface area contributed by atoms with Crippen LogP contribution in [0.25, 0.3) is 10.8 Å². The van der Waals surface area contributed by atoms with E-state index >= 15 is 0 Å². The highest BCUT2D eigenvalue weighted by molar-refractivity contribution is 5.86. The molecule has 0 saturated heterocycles. The van der Waals surface area contributed by atoms with Crippen LogP contribution in [0.3, 0.4) is 0 Å². The molecule has 1 heterocycles. The summed E-state index contributed by atoms with van der Waals surface area (Å²) in [6.07, 6.45) is 6.31. The number of hydrogen-bond donors (Lipinski definition) is 0. The van der Waals surface area contributed by atoms with Crippen LogP contribution in [-0.2, 0) is 19.4 Å². The maximum atomic E-state index is 6.09. The molecule has 0 aliphatic heterocycles. The van der Waals surface area contributed by atoms with Crippen molar-refractivity contribution in [3.8, 4) is 11.5 Å². The number of benzene rings is 3. The van der Waals surface area contributed by atoms with E-state index in [1.807, 2.05) is 36.5 Å². The minimum absolute atomic E-state index is 0.463. The van der Waals surface area contributed by atoms with E-state index in [0.29, 0.717) is 6.61 Å². The molecule has 0 bridgehead atoms. The molecule has 0 spiro atoms. The van der Waals surface area contributed by atoms with Crippen molar-refractivity contribution in [1.29, 1.82) is 0 Å². The highest BCUT2D eigenvalue weighted by Crippen LogP contribution is 2.26. The number of para-hydroxylation sites is 1.